The Morgan fingerprint density at radius 1 is 1.27 bits per heavy atom. The summed E-state index contributed by atoms with van der Waals surface area (Å²) in [5.41, 5.74) is 1.11. The highest BCUT2D eigenvalue weighted by Crippen LogP contribution is 2.29. The molecule has 7 heteroatoms. The van der Waals surface area contributed by atoms with E-state index in [1.54, 1.807) is 0 Å². The Morgan fingerprint density at radius 3 is 2.50 bits per heavy atom. The van der Waals surface area contributed by atoms with E-state index in [4.69, 9.17) is 36.1 Å². The number of benzene rings is 1. The van der Waals surface area contributed by atoms with Gasteiger partial charge in [0.05, 0.1) is 11.6 Å². The van der Waals surface area contributed by atoms with Gasteiger partial charge in [0.1, 0.15) is 5.75 Å². The van der Waals surface area contributed by atoms with Gasteiger partial charge in [-0.1, -0.05) is 42.7 Å². The number of halogens is 1. The Labute approximate surface area is 158 Å². The lowest BCUT2D eigenvalue weighted by Crippen LogP contribution is -2.27. The maximum Gasteiger partial charge on any atom is 0.414 e. The molecule has 0 heterocycles. The van der Waals surface area contributed by atoms with Crippen LogP contribution in [0.4, 0.5) is 0 Å². The molecule has 2 rings (SSSR count). The number of carboxylic acids is 2. The molecule has 3 N–H and O–H groups in total. The van der Waals surface area contributed by atoms with Gasteiger partial charge >= 0.3 is 11.9 Å². The molecular formula is C19H26ClNO5. The summed E-state index contributed by atoms with van der Waals surface area (Å²) in [6.07, 6.45) is 9.08. The maximum atomic E-state index is 9.10. The van der Waals surface area contributed by atoms with Crippen LogP contribution >= 0.6 is 11.6 Å². The van der Waals surface area contributed by atoms with Crippen molar-refractivity contribution in [3.63, 3.8) is 0 Å². The number of ether oxygens (including phenoxy) is 1. The van der Waals surface area contributed by atoms with Gasteiger partial charge in [0.25, 0.3) is 0 Å². The van der Waals surface area contributed by atoms with Gasteiger partial charge in [0, 0.05) is 6.04 Å². The molecule has 0 amide bonds. The molecule has 0 atom stereocenters. The monoisotopic (exact) mass is 383 g/mol. The van der Waals surface area contributed by atoms with Gasteiger partial charge in [0.15, 0.2) is 0 Å². The summed E-state index contributed by atoms with van der Waals surface area (Å²) >= 11 is 6.21. The highest BCUT2D eigenvalue weighted by molar-refractivity contribution is 6.32. The first-order chi connectivity index (χ1) is 12.5. The zero-order valence-electron chi connectivity index (χ0n) is 14.7. The van der Waals surface area contributed by atoms with Crippen molar-refractivity contribution in [2.75, 3.05) is 13.2 Å². The predicted molar refractivity (Wildman–Crippen MR) is 101 cm³/mol. The number of allylic oxidation sites excluding steroid dienone is 1. The van der Waals surface area contributed by atoms with Crippen LogP contribution in [-0.2, 0) is 16.0 Å². The number of para-hydroxylation sites is 1. The van der Waals surface area contributed by atoms with Crippen LogP contribution in [0.1, 0.15) is 37.7 Å². The van der Waals surface area contributed by atoms with Crippen LogP contribution in [0.2, 0.25) is 5.02 Å². The quantitative estimate of drug-likeness (QED) is 0.361. The fourth-order valence-electron chi connectivity index (χ4n) is 2.71. The summed E-state index contributed by atoms with van der Waals surface area (Å²) in [4.78, 5) is 18.2. The van der Waals surface area contributed by atoms with Gasteiger partial charge in [0.2, 0.25) is 0 Å². The highest BCUT2D eigenvalue weighted by Gasteiger charge is 2.13. The van der Waals surface area contributed by atoms with Crippen molar-refractivity contribution in [1.82, 2.24) is 5.32 Å². The minimum atomic E-state index is -1.82. The van der Waals surface area contributed by atoms with Crippen molar-refractivity contribution in [2.24, 2.45) is 0 Å². The van der Waals surface area contributed by atoms with Crippen molar-refractivity contribution in [3.8, 4) is 5.75 Å². The number of aliphatic carboxylic acids is 2. The minimum absolute atomic E-state index is 0.688. The molecule has 26 heavy (non-hydrogen) atoms. The van der Waals surface area contributed by atoms with Crippen LogP contribution in [0, 0.1) is 0 Å². The molecule has 6 nitrogen and oxygen atoms in total. The molecule has 0 bridgehead atoms. The van der Waals surface area contributed by atoms with Gasteiger partial charge in [-0.3, -0.25) is 0 Å². The molecule has 0 unspecified atom stereocenters. The SMILES string of the molecule is C=CCc1cccc(Cl)c1OCCCNC1CCCC1.O=C(O)C(=O)O. The van der Waals surface area contributed by atoms with E-state index >= 15 is 0 Å². The van der Waals surface area contributed by atoms with Crippen LogP contribution < -0.4 is 10.1 Å². The fourth-order valence-corrected chi connectivity index (χ4v) is 2.96. The second kappa shape index (κ2) is 12.3. The summed E-state index contributed by atoms with van der Waals surface area (Å²) in [6, 6.07) is 6.60. The number of hydrogen-bond donors (Lipinski definition) is 3. The molecule has 0 aromatic heterocycles. The Hall–Kier alpha value is -2.05. The third-order valence-corrected chi connectivity index (χ3v) is 4.25. The minimum Gasteiger partial charge on any atom is -0.492 e. The molecule has 1 saturated carbocycles. The zero-order valence-corrected chi connectivity index (χ0v) is 15.5. The van der Waals surface area contributed by atoms with Gasteiger partial charge < -0.3 is 20.3 Å². The van der Waals surface area contributed by atoms with Crippen molar-refractivity contribution in [3.05, 3.63) is 41.4 Å². The number of carbonyl (C=O) groups is 2. The van der Waals surface area contributed by atoms with E-state index in [2.05, 4.69) is 11.9 Å². The standard InChI is InChI=1S/C17H24ClNO.C2H2O4/c1-2-7-14-8-5-11-16(18)17(14)20-13-6-12-19-15-9-3-4-10-15;3-1(4)2(5)6/h2,5,8,11,15,19H,1,3-4,6-7,9-10,12-13H2;(H,3,4)(H,5,6). The molecule has 0 spiro atoms. The van der Waals surface area contributed by atoms with E-state index in [0.717, 1.165) is 36.7 Å². The lowest BCUT2D eigenvalue weighted by molar-refractivity contribution is -0.159. The van der Waals surface area contributed by atoms with E-state index in [1.807, 2.05) is 24.3 Å². The summed E-state index contributed by atoms with van der Waals surface area (Å²) in [5.74, 6) is -2.83. The van der Waals surface area contributed by atoms with E-state index in [1.165, 1.54) is 25.7 Å². The van der Waals surface area contributed by atoms with Crippen LogP contribution in [0.25, 0.3) is 0 Å². The first-order valence-electron chi connectivity index (χ1n) is 8.66. The molecule has 1 fully saturated rings. The molecule has 1 aromatic rings. The average Bonchev–Trinajstić information content (AvgIpc) is 3.11. The summed E-state index contributed by atoms with van der Waals surface area (Å²) in [7, 11) is 0. The zero-order chi connectivity index (χ0) is 19.4. The third kappa shape index (κ3) is 8.36. The Kier molecular flexibility index (Phi) is 10.4. The van der Waals surface area contributed by atoms with Crippen molar-refractivity contribution < 1.29 is 24.5 Å². The largest absolute Gasteiger partial charge is 0.492 e. The first kappa shape index (κ1) is 22.0. The molecular weight excluding hydrogens is 358 g/mol. The predicted octanol–water partition coefficient (Wildman–Crippen LogP) is 3.53. The summed E-state index contributed by atoms with van der Waals surface area (Å²) in [6.45, 7) is 5.49. The maximum absolute atomic E-state index is 9.10. The van der Waals surface area contributed by atoms with Crippen LogP contribution in [0.3, 0.4) is 0 Å². The molecule has 144 valence electrons. The van der Waals surface area contributed by atoms with Gasteiger partial charge in [-0.2, -0.15) is 0 Å². The van der Waals surface area contributed by atoms with Crippen molar-refractivity contribution >= 4 is 23.5 Å². The van der Waals surface area contributed by atoms with Crippen LogP contribution in [-0.4, -0.2) is 41.3 Å². The van der Waals surface area contributed by atoms with E-state index in [0.29, 0.717) is 11.6 Å². The Balaban J connectivity index is 0.000000487. The van der Waals surface area contributed by atoms with E-state index in [9.17, 15) is 0 Å². The Bertz CT molecular complexity index is 588. The lowest BCUT2D eigenvalue weighted by Gasteiger charge is -2.14. The van der Waals surface area contributed by atoms with E-state index < -0.39 is 11.9 Å². The molecule has 1 aliphatic rings. The lowest BCUT2D eigenvalue weighted by atomic mass is 10.1. The second-order valence-corrected chi connectivity index (χ2v) is 6.38. The van der Waals surface area contributed by atoms with Gasteiger partial charge in [-0.15, -0.1) is 6.58 Å². The number of rotatable bonds is 8. The van der Waals surface area contributed by atoms with Crippen molar-refractivity contribution in [2.45, 2.75) is 44.6 Å². The molecule has 1 aromatic carbocycles. The van der Waals surface area contributed by atoms with E-state index in [-0.39, 0.29) is 0 Å². The number of nitrogens with one attached hydrogen (secondary N) is 1. The highest BCUT2D eigenvalue weighted by atomic mass is 35.5. The average molecular weight is 384 g/mol. The molecule has 0 saturated heterocycles. The smallest absolute Gasteiger partial charge is 0.414 e. The summed E-state index contributed by atoms with van der Waals surface area (Å²) in [5, 5.41) is 19.1. The topological polar surface area (TPSA) is 95.9 Å². The molecule has 1 aliphatic carbocycles. The molecule has 0 aliphatic heterocycles. The van der Waals surface area contributed by atoms with Crippen molar-refractivity contribution in [1.29, 1.82) is 0 Å². The van der Waals surface area contributed by atoms with Gasteiger partial charge in [-0.25, -0.2) is 9.59 Å². The summed E-state index contributed by atoms with van der Waals surface area (Å²) < 4.78 is 5.87. The first-order valence-corrected chi connectivity index (χ1v) is 9.04. The normalized spacial score (nSPS) is 13.6. The van der Waals surface area contributed by atoms with Crippen LogP contribution in [0.5, 0.6) is 5.75 Å². The number of carboxylic acid groups (broad SMARTS) is 2. The number of hydrogen-bond acceptors (Lipinski definition) is 4. The fraction of sp³-hybridized carbons (Fsp3) is 0.474. The Morgan fingerprint density at radius 2 is 1.92 bits per heavy atom. The van der Waals surface area contributed by atoms with Gasteiger partial charge in [-0.05, 0) is 43.9 Å². The van der Waals surface area contributed by atoms with Crippen LogP contribution in [0.15, 0.2) is 30.9 Å². The molecule has 0 radical (unpaired) electrons. The second-order valence-electron chi connectivity index (χ2n) is 5.97. The third-order valence-electron chi connectivity index (χ3n) is 3.95.